The average Bonchev–Trinajstić information content (AvgIpc) is 3.45. The van der Waals surface area contributed by atoms with Crippen molar-refractivity contribution in [2.45, 2.75) is 83.9 Å². The number of anilines is 1. The largest absolute Gasteiger partial charge is 0.508 e. The minimum absolute atomic E-state index is 0.00175. The number of hydrogen-bond donors (Lipinski definition) is 2. The summed E-state index contributed by atoms with van der Waals surface area (Å²) >= 11 is 0. The van der Waals surface area contributed by atoms with Gasteiger partial charge in [-0.25, -0.2) is 8.78 Å². The minimum atomic E-state index is -1.17. The molecule has 51 heavy (non-hydrogen) atoms. The second-order valence-corrected chi connectivity index (χ2v) is 14.5. The summed E-state index contributed by atoms with van der Waals surface area (Å²) in [7, 11) is 0. The zero-order valence-electron chi connectivity index (χ0n) is 30.1. The molecule has 5 heterocycles. The van der Waals surface area contributed by atoms with E-state index in [1.54, 1.807) is 13.0 Å². The lowest BCUT2D eigenvalue weighted by molar-refractivity contribution is -0.115. The van der Waals surface area contributed by atoms with E-state index in [1.807, 2.05) is 25.7 Å². The van der Waals surface area contributed by atoms with E-state index in [0.717, 1.165) is 51.9 Å². The summed E-state index contributed by atoms with van der Waals surface area (Å²) in [6.07, 6.45) is 7.26. The Morgan fingerprint density at radius 2 is 1.86 bits per heavy atom. The highest BCUT2D eigenvalue weighted by atomic mass is 19.1. The first-order valence-corrected chi connectivity index (χ1v) is 18.5. The maximum atomic E-state index is 17.0. The van der Waals surface area contributed by atoms with Crippen LogP contribution in [-0.2, 0) is 15.9 Å². The molecule has 4 aliphatic rings. The minimum Gasteiger partial charge on any atom is -0.508 e. The molecule has 3 unspecified atom stereocenters. The van der Waals surface area contributed by atoms with Gasteiger partial charge in [0.05, 0.1) is 51.0 Å². The number of phenols is 1. The van der Waals surface area contributed by atoms with Crippen molar-refractivity contribution < 1.29 is 33.2 Å². The number of likely N-dealkylation sites (tertiary alicyclic amines) is 1. The third-order valence-electron chi connectivity index (χ3n) is 11.1. The van der Waals surface area contributed by atoms with E-state index < -0.39 is 17.2 Å². The molecular weight excluding hydrogens is 656 g/mol. The zero-order valence-corrected chi connectivity index (χ0v) is 30.1. The van der Waals surface area contributed by atoms with Gasteiger partial charge in [-0.05, 0) is 80.1 Å². The second kappa shape index (κ2) is 14.4. The Morgan fingerprint density at radius 1 is 1.06 bits per heavy atom. The summed E-state index contributed by atoms with van der Waals surface area (Å²) in [5, 5.41) is 23.1. The highest BCUT2D eigenvalue weighted by Gasteiger charge is 2.51. The third kappa shape index (κ3) is 6.60. The van der Waals surface area contributed by atoms with Gasteiger partial charge in [0.1, 0.15) is 34.2 Å². The Bertz CT molecular complexity index is 1910. The first kappa shape index (κ1) is 35.7. The maximum absolute atomic E-state index is 17.0. The molecule has 10 nitrogen and oxygen atoms in total. The van der Waals surface area contributed by atoms with Crippen LogP contribution in [0.25, 0.3) is 32.9 Å². The molecule has 0 spiro atoms. The quantitative estimate of drug-likeness (QED) is 0.224. The average molecular weight is 706 g/mol. The van der Waals surface area contributed by atoms with E-state index in [-0.39, 0.29) is 47.1 Å². The lowest BCUT2D eigenvalue weighted by atomic mass is 9.75. The van der Waals surface area contributed by atoms with E-state index in [9.17, 15) is 10.2 Å². The fourth-order valence-corrected chi connectivity index (χ4v) is 8.73. The number of phenolic OH excluding ortho intramolecular Hbond substituents is 1. The molecule has 274 valence electrons. The summed E-state index contributed by atoms with van der Waals surface area (Å²) in [4.78, 5) is 18.6. The highest BCUT2D eigenvalue weighted by Crippen LogP contribution is 2.49. The van der Waals surface area contributed by atoms with E-state index in [4.69, 9.17) is 19.2 Å². The van der Waals surface area contributed by atoms with E-state index in [1.165, 1.54) is 24.4 Å². The Hall–Kier alpha value is -3.71. The molecule has 3 atom stereocenters. The van der Waals surface area contributed by atoms with Gasteiger partial charge in [-0.2, -0.15) is 9.97 Å². The fraction of sp³-hybridized carbons (Fsp3) is 0.564. The lowest BCUT2D eigenvalue weighted by Gasteiger charge is -2.51. The first-order chi connectivity index (χ1) is 24.7. The van der Waals surface area contributed by atoms with Gasteiger partial charge in [0.15, 0.2) is 5.82 Å². The number of aromatic nitrogens is 3. The summed E-state index contributed by atoms with van der Waals surface area (Å²) in [6.45, 7) is 11.6. The summed E-state index contributed by atoms with van der Waals surface area (Å²) in [5.74, 6) is -0.832. The van der Waals surface area contributed by atoms with Crippen molar-refractivity contribution in [1.82, 2.24) is 19.9 Å². The van der Waals surface area contributed by atoms with Crippen LogP contribution in [0, 0.1) is 17.0 Å². The number of aliphatic hydroxyl groups is 1. The first-order valence-electron chi connectivity index (χ1n) is 18.5. The topological polar surface area (TPSA) is 113 Å². The molecule has 0 amide bonds. The molecule has 4 fully saturated rings. The van der Waals surface area contributed by atoms with Crippen molar-refractivity contribution in [2.24, 2.45) is 5.41 Å². The highest BCUT2D eigenvalue weighted by molar-refractivity contribution is 6.01. The molecule has 2 N–H and O–H groups in total. The van der Waals surface area contributed by atoms with Crippen LogP contribution < -0.4 is 9.64 Å². The smallest absolute Gasteiger partial charge is 0.319 e. The molecule has 1 aliphatic carbocycles. The number of piperidine rings is 1. The number of rotatable bonds is 7. The van der Waals surface area contributed by atoms with Crippen molar-refractivity contribution in [3.8, 4) is 23.0 Å². The number of nitrogens with zero attached hydrogens (tertiary/aromatic N) is 5. The normalized spacial score (nSPS) is 25.6. The number of aromatic hydroxyl groups is 1. The molecule has 3 aliphatic heterocycles. The molecule has 0 radical (unpaired) electrons. The number of halogens is 2. The van der Waals surface area contributed by atoms with Gasteiger partial charge in [0.25, 0.3) is 0 Å². The van der Waals surface area contributed by atoms with E-state index >= 15 is 8.78 Å². The van der Waals surface area contributed by atoms with Crippen LogP contribution in [0.1, 0.15) is 65.4 Å². The Balaban J connectivity index is 0.00000200. The molecule has 8 rings (SSSR count). The lowest BCUT2D eigenvalue weighted by Crippen LogP contribution is -2.60. The van der Waals surface area contributed by atoms with Crippen LogP contribution in [-0.4, -0.2) is 100 Å². The van der Waals surface area contributed by atoms with Gasteiger partial charge in [-0.3, -0.25) is 9.88 Å². The molecule has 3 saturated heterocycles. The summed E-state index contributed by atoms with van der Waals surface area (Å²) in [5.41, 5.74) is -0.610. The van der Waals surface area contributed by atoms with Gasteiger partial charge in [0, 0.05) is 29.8 Å². The van der Waals surface area contributed by atoms with E-state index in [2.05, 4.69) is 14.9 Å². The number of fused-ring (bicyclic) bond motifs is 3. The van der Waals surface area contributed by atoms with Crippen LogP contribution >= 0.6 is 0 Å². The standard InChI is InChI=1S/C37H43F2N5O5.C2H6/c1-3-25-28(38)8-7-22-14-24(45)15-26(30(22)25)32-31(39)33-27(16-40-32)34(43-12-13-47-20-36(2,46)19-43)42-35(41-33)49-21-37-9-4-6-29(37)44(11-5-10-37)23-17-48-18-23;1-2/h7-8,14-16,23,29,45-46H,3-6,9-13,17-21H2,1-2H3;1-2H3. The Morgan fingerprint density at radius 3 is 2.63 bits per heavy atom. The molecule has 2 aromatic heterocycles. The number of β-amino-alcohol motifs (C(OH)–C–C–N with tert-alkyl or cyclic N) is 1. The third-order valence-corrected chi connectivity index (χ3v) is 11.1. The van der Waals surface area contributed by atoms with Gasteiger partial charge < -0.3 is 29.3 Å². The van der Waals surface area contributed by atoms with Crippen LogP contribution in [0.5, 0.6) is 11.8 Å². The van der Waals surface area contributed by atoms with Crippen molar-refractivity contribution in [3.05, 3.63) is 47.7 Å². The number of hydrogen-bond acceptors (Lipinski definition) is 10. The SMILES string of the molecule is CC.CCc1c(F)ccc2cc(O)cc(-c3ncc4c(N5CCOCC(C)(O)C5)nc(OCC56CCCC5N(C5COC5)CCC6)nc4c3F)c12. The molecule has 0 bridgehead atoms. The predicted molar refractivity (Wildman–Crippen MR) is 192 cm³/mol. The monoisotopic (exact) mass is 705 g/mol. The Kier molecular flexibility index (Phi) is 10.1. The number of ether oxygens (including phenoxy) is 3. The van der Waals surface area contributed by atoms with Crippen LogP contribution in [0.15, 0.2) is 30.5 Å². The number of aryl methyl sites for hydroxylation is 1. The van der Waals surface area contributed by atoms with E-state index in [0.29, 0.717) is 65.8 Å². The van der Waals surface area contributed by atoms with Crippen molar-refractivity contribution >= 4 is 27.5 Å². The van der Waals surface area contributed by atoms with Gasteiger partial charge in [0.2, 0.25) is 0 Å². The molecule has 2 aromatic carbocycles. The second-order valence-electron chi connectivity index (χ2n) is 14.5. The number of benzene rings is 2. The van der Waals surface area contributed by atoms with Gasteiger partial charge in [-0.1, -0.05) is 33.3 Å². The summed E-state index contributed by atoms with van der Waals surface area (Å²) < 4.78 is 49.8. The van der Waals surface area contributed by atoms with Crippen LogP contribution in [0.4, 0.5) is 14.6 Å². The van der Waals surface area contributed by atoms with Crippen LogP contribution in [0.3, 0.4) is 0 Å². The molecule has 1 saturated carbocycles. The Labute approximate surface area is 297 Å². The van der Waals surface area contributed by atoms with Gasteiger partial charge >= 0.3 is 6.01 Å². The van der Waals surface area contributed by atoms with Crippen molar-refractivity contribution in [2.75, 3.05) is 57.6 Å². The van der Waals surface area contributed by atoms with Crippen LogP contribution in [0.2, 0.25) is 0 Å². The summed E-state index contributed by atoms with van der Waals surface area (Å²) in [6, 6.07) is 6.77. The zero-order chi connectivity index (χ0) is 35.9. The fourth-order valence-electron chi connectivity index (χ4n) is 8.73. The maximum Gasteiger partial charge on any atom is 0.319 e. The number of pyridine rings is 1. The van der Waals surface area contributed by atoms with Crippen molar-refractivity contribution in [1.29, 1.82) is 0 Å². The molecule has 4 aromatic rings. The molecule has 12 heteroatoms. The van der Waals surface area contributed by atoms with Gasteiger partial charge in [-0.15, -0.1) is 0 Å². The van der Waals surface area contributed by atoms with Crippen molar-refractivity contribution in [3.63, 3.8) is 0 Å². The molecular formula is C39H49F2N5O5. The predicted octanol–water partition coefficient (Wildman–Crippen LogP) is 6.42.